The van der Waals surface area contributed by atoms with Crippen LogP contribution in [0.3, 0.4) is 0 Å². The molecule has 0 atom stereocenters. The number of nitrogens with one attached hydrogen (secondary N) is 1. The SMILES string of the molecule is CCCOc1c(Br)cc(CNCCOC)cc1OC. The fourth-order valence-corrected chi connectivity index (χ4v) is 2.23. The van der Waals surface area contributed by atoms with Crippen molar-refractivity contribution in [2.45, 2.75) is 19.9 Å². The van der Waals surface area contributed by atoms with Crippen LogP contribution in [0.15, 0.2) is 16.6 Å². The molecule has 0 aliphatic carbocycles. The van der Waals surface area contributed by atoms with Gasteiger partial charge in [-0.15, -0.1) is 0 Å². The van der Waals surface area contributed by atoms with Gasteiger partial charge < -0.3 is 19.5 Å². The van der Waals surface area contributed by atoms with E-state index >= 15 is 0 Å². The molecule has 0 amide bonds. The fourth-order valence-electron chi connectivity index (χ4n) is 1.63. The summed E-state index contributed by atoms with van der Waals surface area (Å²) in [5.41, 5.74) is 1.14. The van der Waals surface area contributed by atoms with E-state index in [2.05, 4.69) is 28.2 Å². The minimum atomic E-state index is 0.681. The van der Waals surface area contributed by atoms with Crippen LogP contribution in [0.2, 0.25) is 0 Å². The first-order valence-corrected chi connectivity index (χ1v) is 7.21. The van der Waals surface area contributed by atoms with E-state index in [0.29, 0.717) is 13.2 Å². The number of hydrogen-bond acceptors (Lipinski definition) is 4. The highest BCUT2D eigenvalue weighted by atomic mass is 79.9. The Kier molecular flexibility index (Phi) is 7.86. The fraction of sp³-hybridized carbons (Fsp3) is 0.571. The molecule has 4 nitrogen and oxygen atoms in total. The van der Waals surface area contributed by atoms with Crippen molar-refractivity contribution in [2.75, 3.05) is 34.0 Å². The van der Waals surface area contributed by atoms with E-state index in [9.17, 15) is 0 Å². The topological polar surface area (TPSA) is 39.7 Å². The van der Waals surface area contributed by atoms with Crippen LogP contribution in [0.4, 0.5) is 0 Å². The number of ether oxygens (including phenoxy) is 3. The van der Waals surface area contributed by atoms with Crippen molar-refractivity contribution in [3.8, 4) is 11.5 Å². The summed E-state index contributed by atoms with van der Waals surface area (Å²) in [5.74, 6) is 1.52. The molecule has 0 saturated carbocycles. The van der Waals surface area contributed by atoms with E-state index in [1.54, 1.807) is 14.2 Å². The van der Waals surface area contributed by atoms with Gasteiger partial charge in [-0.1, -0.05) is 6.92 Å². The van der Waals surface area contributed by atoms with Gasteiger partial charge in [-0.05, 0) is 40.0 Å². The van der Waals surface area contributed by atoms with Gasteiger partial charge in [0.1, 0.15) is 0 Å². The van der Waals surface area contributed by atoms with Crippen molar-refractivity contribution in [1.82, 2.24) is 5.32 Å². The first-order chi connectivity index (χ1) is 9.22. The molecule has 0 spiro atoms. The molecule has 0 aromatic heterocycles. The van der Waals surface area contributed by atoms with Crippen LogP contribution >= 0.6 is 15.9 Å². The Morgan fingerprint density at radius 1 is 1.21 bits per heavy atom. The van der Waals surface area contributed by atoms with E-state index in [0.717, 1.165) is 41.0 Å². The molecule has 0 radical (unpaired) electrons. The largest absolute Gasteiger partial charge is 0.493 e. The van der Waals surface area contributed by atoms with E-state index < -0.39 is 0 Å². The summed E-state index contributed by atoms with van der Waals surface area (Å²) in [6.07, 6.45) is 0.968. The normalized spacial score (nSPS) is 10.5. The molecule has 0 aliphatic rings. The lowest BCUT2D eigenvalue weighted by molar-refractivity contribution is 0.199. The predicted molar refractivity (Wildman–Crippen MR) is 80.1 cm³/mol. The van der Waals surface area contributed by atoms with Crippen LogP contribution in [-0.4, -0.2) is 34.0 Å². The van der Waals surface area contributed by atoms with Crippen LogP contribution in [0.5, 0.6) is 11.5 Å². The maximum atomic E-state index is 5.69. The van der Waals surface area contributed by atoms with Gasteiger partial charge in [0.2, 0.25) is 0 Å². The van der Waals surface area contributed by atoms with Gasteiger partial charge in [-0.2, -0.15) is 0 Å². The Bertz CT molecular complexity index is 385. The first-order valence-electron chi connectivity index (χ1n) is 6.41. The smallest absolute Gasteiger partial charge is 0.175 e. The Hall–Kier alpha value is -0.780. The molecule has 0 bridgehead atoms. The van der Waals surface area contributed by atoms with Gasteiger partial charge in [0.25, 0.3) is 0 Å². The summed E-state index contributed by atoms with van der Waals surface area (Å²) < 4.78 is 17.0. The molecule has 0 unspecified atom stereocenters. The monoisotopic (exact) mass is 331 g/mol. The molecular formula is C14H22BrNO3. The highest BCUT2D eigenvalue weighted by molar-refractivity contribution is 9.10. The molecule has 0 aliphatic heterocycles. The molecule has 5 heteroatoms. The number of hydrogen-bond donors (Lipinski definition) is 1. The zero-order valence-electron chi connectivity index (χ0n) is 11.8. The third-order valence-corrected chi connectivity index (χ3v) is 3.14. The number of rotatable bonds is 9. The molecule has 0 saturated heterocycles. The summed E-state index contributed by atoms with van der Waals surface area (Å²) in [4.78, 5) is 0. The lowest BCUT2D eigenvalue weighted by atomic mass is 10.2. The first kappa shape index (κ1) is 16.3. The summed E-state index contributed by atoms with van der Waals surface area (Å²) in [6.45, 7) is 5.06. The lowest BCUT2D eigenvalue weighted by Crippen LogP contribution is -2.18. The van der Waals surface area contributed by atoms with E-state index in [1.165, 1.54) is 0 Å². The Labute approximate surface area is 123 Å². The van der Waals surface area contributed by atoms with Gasteiger partial charge in [-0.25, -0.2) is 0 Å². The number of halogens is 1. The van der Waals surface area contributed by atoms with Gasteiger partial charge in [-0.3, -0.25) is 0 Å². The van der Waals surface area contributed by atoms with Crippen molar-refractivity contribution in [3.05, 3.63) is 22.2 Å². The number of methoxy groups -OCH3 is 2. The molecular weight excluding hydrogens is 310 g/mol. The van der Waals surface area contributed by atoms with E-state index in [1.807, 2.05) is 12.1 Å². The van der Waals surface area contributed by atoms with Gasteiger partial charge in [0, 0.05) is 20.2 Å². The van der Waals surface area contributed by atoms with Gasteiger partial charge in [0.15, 0.2) is 11.5 Å². The quantitative estimate of drug-likeness (QED) is 0.706. The van der Waals surface area contributed by atoms with E-state index in [-0.39, 0.29) is 0 Å². The minimum absolute atomic E-state index is 0.681. The van der Waals surface area contributed by atoms with Crippen LogP contribution in [-0.2, 0) is 11.3 Å². The third kappa shape index (κ3) is 5.38. The summed E-state index contributed by atoms with van der Waals surface area (Å²) in [7, 11) is 3.35. The van der Waals surface area contributed by atoms with Crippen LogP contribution in [0, 0.1) is 0 Å². The Morgan fingerprint density at radius 2 is 2.00 bits per heavy atom. The average Bonchev–Trinajstić information content (AvgIpc) is 2.42. The average molecular weight is 332 g/mol. The highest BCUT2D eigenvalue weighted by Crippen LogP contribution is 2.36. The summed E-state index contributed by atoms with van der Waals surface area (Å²) in [5, 5.41) is 3.30. The summed E-state index contributed by atoms with van der Waals surface area (Å²) in [6, 6.07) is 4.04. The lowest BCUT2D eigenvalue weighted by Gasteiger charge is -2.14. The van der Waals surface area contributed by atoms with Crippen LogP contribution in [0.1, 0.15) is 18.9 Å². The zero-order valence-corrected chi connectivity index (χ0v) is 13.4. The number of benzene rings is 1. The molecule has 0 fully saturated rings. The predicted octanol–water partition coefficient (Wildman–Crippen LogP) is 2.98. The van der Waals surface area contributed by atoms with Crippen molar-refractivity contribution in [3.63, 3.8) is 0 Å². The Morgan fingerprint density at radius 3 is 2.63 bits per heavy atom. The molecule has 1 N–H and O–H groups in total. The molecule has 108 valence electrons. The molecule has 19 heavy (non-hydrogen) atoms. The minimum Gasteiger partial charge on any atom is -0.493 e. The maximum absolute atomic E-state index is 5.69. The van der Waals surface area contributed by atoms with Gasteiger partial charge >= 0.3 is 0 Å². The summed E-state index contributed by atoms with van der Waals surface area (Å²) >= 11 is 3.53. The van der Waals surface area contributed by atoms with Crippen molar-refractivity contribution >= 4 is 15.9 Å². The second-order valence-electron chi connectivity index (χ2n) is 4.13. The Balaban J connectivity index is 2.71. The highest BCUT2D eigenvalue weighted by Gasteiger charge is 2.11. The molecule has 1 aromatic rings. The standard InChI is InChI=1S/C14H22BrNO3/c1-4-6-19-14-12(15)8-11(9-13(14)18-3)10-16-5-7-17-2/h8-9,16H,4-7,10H2,1-3H3. The van der Waals surface area contributed by atoms with E-state index in [4.69, 9.17) is 14.2 Å². The van der Waals surface area contributed by atoms with Gasteiger partial charge in [0.05, 0.1) is 24.8 Å². The maximum Gasteiger partial charge on any atom is 0.175 e. The van der Waals surface area contributed by atoms with Crippen molar-refractivity contribution in [1.29, 1.82) is 0 Å². The van der Waals surface area contributed by atoms with Crippen LogP contribution in [0.25, 0.3) is 0 Å². The third-order valence-electron chi connectivity index (χ3n) is 2.55. The van der Waals surface area contributed by atoms with Crippen LogP contribution < -0.4 is 14.8 Å². The van der Waals surface area contributed by atoms with Crippen molar-refractivity contribution in [2.24, 2.45) is 0 Å². The molecule has 1 rings (SSSR count). The molecule has 0 heterocycles. The molecule has 1 aromatic carbocycles. The second kappa shape index (κ2) is 9.18. The second-order valence-corrected chi connectivity index (χ2v) is 4.98. The zero-order chi connectivity index (χ0) is 14.1. The van der Waals surface area contributed by atoms with Crippen molar-refractivity contribution < 1.29 is 14.2 Å².